The minimum absolute atomic E-state index is 0.0326. The zero-order valence-electron chi connectivity index (χ0n) is 14.0. The fourth-order valence-corrected chi connectivity index (χ4v) is 5.42. The summed E-state index contributed by atoms with van der Waals surface area (Å²) in [5, 5.41) is 15.4. The monoisotopic (exact) mass is 312 g/mol. The lowest BCUT2D eigenvalue weighted by molar-refractivity contribution is -0.101. The highest BCUT2D eigenvalue weighted by atomic mass is 16.5. The number of hydrogen-bond donors (Lipinski definition) is 1. The zero-order chi connectivity index (χ0) is 16.3. The summed E-state index contributed by atoms with van der Waals surface area (Å²) >= 11 is 0. The molecular formula is C19H24N2O2. The van der Waals surface area contributed by atoms with Crippen LogP contribution in [-0.4, -0.2) is 15.2 Å². The Balaban J connectivity index is 1.75. The molecule has 1 N–H and O–H groups in total. The van der Waals surface area contributed by atoms with Gasteiger partial charge in [-0.15, -0.1) is 0 Å². The molecule has 4 rings (SSSR count). The summed E-state index contributed by atoms with van der Waals surface area (Å²) < 4.78 is 5.58. The summed E-state index contributed by atoms with van der Waals surface area (Å²) in [4.78, 5) is 4.20. The molecule has 2 aromatic heterocycles. The Morgan fingerprint density at radius 1 is 1.26 bits per heavy atom. The van der Waals surface area contributed by atoms with Crippen LogP contribution in [0.5, 0.6) is 0 Å². The van der Waals surface area contributed by atoms with E-state index in [9.17, 15) is 5.11 Å². The molecule has 1 fully saturated rings. The van der Waals surface area contributed by atoms with Gasteiger partial charge in [0.05, 0.1) is 11.8 Å². The first-order chi connectivity index (χ1) is 10.9. The van der Waals surface area contributed by atoms with Gasteiger partial charge in [-0.25, -0.2) is 0 Å². The van der Waals surface area contributed by atoms with E-state index in [0.717, 1.165) is 37.0 Å². The van der Waals surface area contributed by atoms with E-state index in [1.165, 1.54) is 5.56 Å². The molecule has 0 aromatic carbocycles. The second kappa shape index (κ2) is 4.67. The Hall–Kier alpha value is -1.68. The van der Waals surface area contributed by atoms with Crippen molar-refractivity contribution in [1.29, 1.82) is 0 Å². The zero-order valence-corrected chi connectivity index (χ0v) is 14.0. The quantitative estimate of drug-likeness (QED) is 0.874. The largest absolute Gasteiger partial charge is 0.385 e. The second-order valence-corrected chi connectivity index (χ2v) is 8.27. The second-order valence-electron chi connectivity index (χ2n) is 8.27. The molecule has 2 aromatic rings. The third kappa shape index (κ3) is 2.08. The van der Waals surface area contributed by atoms with Crippen molar-refractivity contribution < 1.29 is 9.63 Å². The average molecular weight is 312 g/mol. The molecular weight excluding hydrogens is 288 g/mol. The molecule has 0 radical (unpaired) electrons. The topological polar surface area (TPSA) is 59.2 Å². The van der Waals surface area contributed by atoms with Crippen molar-refractivity contribution in [3.8, 4) is 0 Å². The van der Waals surface area contributed by atoms with Crippen molar-refractivity contribution in [3.63, 3.8) is 0 Å². The maximum Gasteiger partial charge on any atom is 0.145 e. The van der Waals surface area contributed by atoms with E-state index in [-0.39, 0.29) is 10.8 Å². The third-order valence-corrected chi connectivity index (χ3v) is 6.28. The first kappa shape index (κ1) is 14.9. The molecule has 0 amide bonds. The third-order valence-electron chi connectivity index (χ3n) is 6.28. The predicted molar refractivity (Wildman–Crippen MR) is 86.8 cm³/mol. The Bertz CT molecular complexity index is 724. The maximum atomic E-state index is 11.3. The summed E-state index contributed by atoms with van der Waals surface area (Å²) in [6.07, 6.45) is 8.85. The van der Waals surface area contributed by atoms with Gasteiger partial charge in [-0.05, 0) is 43.1 Å². The highest BCUT2D eigenvalue weighted by Gasteiger charge is 2.57. The van der Waals surface area contributed by atoms with E-state index in [4.69, 9.17) is 4.52 Å². The minimum atomic E-state index is -0.787. The number of aromatic nitrogens is 2. The molecule has 2 aliphatic rings. The van der Waals surface area contributed by atoms with E-state index in [0.29, 0.717) is 5.92 Å². The van der Waals surface area contributed by atoms with Gasteiger partial charge in [0.25, 0.3) is 0 Å². The smallest absolute Gasteiger partial charge is 0.145 e. The van der Waals surface area contributed by atoms with Crippen LogP contribution in [-0.2, 0) is 17.4 Å². The van der Waals surface area contributed by atoms with Gasteiger partial charge in [0, 0.05) is 28.9 Å². The van der Waals surface area contributed by atoms with Crippen molar-refractivity contribution in [2.24, 2.45) is 11.3 Å². The summed E-state index contributed by atoms with van der Waals surface area (Å²) in [6, 6.07) is 3.90. The van der Waals surface area contributed by atoms with Gasteiger partial charge >= 0.3 is 0 Å². The Labute approximate surface area is 136 Å². The van der Waals surface area contributed by atoms with Gasteiger partial charge in [-0.1, -0.05) is 32.0 Å². The van der Waals surface area contributed by atoms with Crippen molar-refractivity contribution in [3.05, 3.63) is 47.6 Å². The lowest BCUT2D eigenvalue weighted by Crippen LogP contribution is -2.53. The van der Waals surface area contributed by atoms with Gasteiger partial charge in [0.15, 0.2) is 0 Å². The lowest BCUT2D eigenvalue weighted by atomic mass is 9.49. The van der Waals surface area contributed by atoms with E-state index < -0.39 is 5.60 Å². The highest BCUT2D eigenvalue weighted by molar-refractivity contribution is 5.32. The number of pyridine rings is 1. The Morgan fingerprint density at radius 2 is 2.09 bits per heavy atom. The van der Waals surface area contributed by atoms with Gasteiger partial charge < -0.3 is 9.63 Å². The van der Waals surface area contributed by atoms with E-state index in [1.807, 2.05) is 24.5 Å². The standard InChI is InChI=1S/C19H24N2O2/c1-17(2)15-6-7-19(22,14-5-4-8-20-11-14)12-18(15,3)9-13-10-21-23-16(13)17/h4-5,8,10-11,15,22H,6-7,9,12H2,1-3H3. The number of fused-ring (bicyclic) bond motifs is 2. The molecule has 0 spiro atoms. The van der Waals surface area contributed by atoms with Crippen LogP contribution in [0.1, 0.15) is 56.9 Å². The maximum absolute atomic E-state index is 11.3. The van der Waals surface area contributed by atoms with Crippen LogP contribution in [0.3, 0.4) is 0 Å². The Morgan fingerprint density at radius 3 is 2.83 bits per heavy atom. The van der Waals surface area contributed by atoms with Crippen molar-refractivity contribution in [2.75, 3.05) is 0 Å². The lowest BCUT2D eigenvalue weighted by Gasteiger charge is -2.56. The molecule has 0 aliphatic heterocycles. The molecule has 122 valence electrons. The molecule has 0 bridgehead atoms. The normalized spacial score (nSPS) is 35.4. The Kier molecular flexibility index (Phi) is 3.02. The summed E-state index contributed by atoms with van der Waals surface area (Å²) in [5.41, 5.74) is 1.34. The van der Waals surface area contributed by atoms with Crippen molar-refractivity contribution >= 4 is 0 Å². The fraction of sp³-hybridized carbons (Fsp3) is 0.579. The van der Waals surface area contributed by atoms with Crippen molar-refractivity contribution in [1.82, 2.24) is 10.1 Å². The van der Waals surface area contributed by atoms with Crippen LogP contribution in [0.25, 0.3) is 0 Å². The molecule has 0 saturated heterocycles. The van der Waals surface area contributed by atoms with Crippen LogP contribution in [0.4, 0.5) is 0 Å². The number of nitrogens with zero attached hydrogens (tertiary/aromatic N) is 2. The van der Waals surface area contributed by atoms with E-state index in [1.54, 1.807) is 6.20 Å². The fourth-order valence-electron chi connectivity index (χ4n) is 5.42. The molecule has 4 nitrogen and oxygen atoms in total. The first-order valence-electron chi connectivity index (χ1n) is 8.42. The molecule has 2 aliphatic carbocycles. The molecule has 3 unspecified atom stereocenters. The summed E-state index contributed by atoms with van der Waals surface area (Å²) in [5.74, 6) is 1.51. The van der Waals surface area contributed by atoms with Crippen LogP contribution in [0, 0.1) is 11.3 Å². The summed E-state index contributed by atoms with van der Waals surface area (Å²) in [6.45, 7) is 6.83. The van der Waals surface area contributed by atoms with Gasteiger partial charge in [0.1, 0.15) is 5.76 Å². The number of aliphatic hydroxyl groups is 1. The predicted octanol–water partition coefficient (Wildman–Crippen LogP) is 3.60. The first-order valence-corrected chi connectivity index (χ1v) is 8.42. The highest BCUT2D eigenvalue weighted by Crippen LogP contribution is 2.60. The summed E-state index contributed by atoms with van der Waals surface area (Å²) in [7, 11) is 0. The molecule has 23 heavy (non-hydrogen) atoms. The SMILES string of the molecule is CC12Cc3cnoc3C(C)(C)C1CCC(O)(c1cccnc1)C2. The number of rotatable bonds is 1. The molecule has 4 heteroatoms. The minimum Gasteiger partial charge on any atom is -0.385 e. The van der Waals surface area contributed by atoms with Crippen LogP contribution in [0.2, 0.25) is 0 Å². The van der Waals surface area contributed by atoms with E-state index >= 15 is 0 Å². The number of hydrogen-bond acceptors (Lipinski definition) is 4. The van der Waals surface area contributed by atoms with Crippen molar-refractivity contribution in [2.45, 2.75) is 57.5 Å². The van der Waals surface area contributed by atoms with Crippen LogP contribution in [0.15, 0.2) is 35.2 Å². The van der Waals surface area contributed by atoms with Gasteiger partial charge in [0.2, 0.25) is 0 Å². The average Bonchev–Trinajstić information content (AvgIpc) is 2.96. The molecule has 3 atom stereocenters. The van der Waals surface area contributed by atoms with E-state index in [2.05, 4.69) is 30.9 Å². The van der Waals surface area contributed by atoms with Gasteiger partial charge in [-0.2, -0.15) is 0 Å². The van der Waals surface area contributed by atoms with Crippen LogP contribution >= 0.6 is 0 Å². The molecule has 2 heterocycles. The van der Waals surface area contributed by atoms with Crippen LogP contribution < -0.4 is 0 Å². The van der Waals surface area contributed by atoms with Gasteiger partial charge in [-0.3, -0.25) is 4.98 Å². The molecule has 1 saturated carbocycles.